The van der Waals surface area contributed by atoms with Crippen molar-refractivity contribution in [1.29, 1.82) is 0 Å². The quantitative estimate of drug-likeness (QED) is 0.233. The van der Waals surface area contributed by atoms with E-state index in [4.69, 9.17) is 9.47 Å². The fraction of sp³-hybridized carbons (Fsp3) is 0.429. The Morgan fingerprint density at radius 2 is 1.82 bits per heavy atom. The van der Waals surface area contributed by atoms with E-state index < -0.39 is 47.6 Å². The van der Waals surface area contributed by atoms with Gasteiger partial charge in [0.2, 0.25) is 17.7 Å². The second kappa shape index (κ2) is 14.2. The number of hydrogen-bond acceptors (Lipinski definition) is 7. The van der Waals surface area contributed by atoms with Gasteiger partial charge >= 0.3 is 5.97 Å². The zero-order valence-corrected chi connectivity index (χ0v) is 25.4. The van der Waals surface area contributed by atoms with Gasteiger partial charge in [-0.3, -0.25) is 19.2 Å². The molecule has 10 heteroatoms. The lowest BCUT2D eigenvalue weighted by atomic mass is 9.70. The number of nitrogens with one attached hydrogen (secondary N) is 1. The maximum atomic E-state index is 14.3. The van der Waals surface area contributed by atoms with Gasteiger partial charge in [0.25, 0.3) is 0 Å². The molecule has 6 atom stereocenters. The Labute approximate surface area is 263 Å². The zero-order chi connectivity index (χ0) is 32.0. The maximum Gasteiger partial charge on any atom is 0.313 e. The molecule has 3 aliphatic rings. The fourth-order valence-electron chi connectivity index (χ4n) is 7.06. The number of carbonyl (C=O) groups is 4. The highest BCUT2D eigenvalue weighted by Crippen LogP contribution is 2.59. The van der Waals surface area contributed by atoms with Crippen LogP contribution in [0.3, 0.4) is 0 Å². The number of hydrogen-bond donors (Lipinski definition) is 2. The highest BCUT2D eigenvalue weighted by Gasteiger charge is 2.75. The monoisotopic (exact) mass is 615 g/mol. The molecule has 0 unspecified atom stereocenters. The Kier molecular flexibility index (Phi) is 10.1. The number of amides is 3. The average molecular weight is 616 g/mol. The van der Waals surface area contributed by atoms with Crippen LogP contribution in [0.5, 0.6) is 0 Å². The molecule has 10 nitrogen and oxygen atoms in total. The second-order valence-electron chi connectivity index (χ2n) is 11.8. The molecule has 3 saturated heterocycles. The van der Waals surface area contributed by atoms with Crippen LogP contribution in [0.2, 0.25) is 0 Å². The molecule has 2 aromatic rings. The number of aliphatic hydroxyl groups excluding tert-OH is 1. The van der Waals surface area contributed by atoms with Crippen molar-refractivity contribution in [2.24, 2.45) is 11.8 Å². The third-order valence-corrected chi connectivity index (χ3v) is 9.01. The van der Waals surface area contributed by atoms with Crippen LogP contribution < -0.4 is 5.32 Å². The summed E-state index contributed by atoms with van der Waals surface area (Å²) >= 11 is 0. The van der Waals surface area contributed by atoms with Crippen LogP contribution in [-0.4, -0.2) is 82.6 Å². The molecule has 2 bridgehead atoms. The normalized spacial score (nSPS) is 25.4. The number of esters is 1. The van der Waals surface area contributed by atoms with Crippen molar-refractivity contribution in [3.63, 3.8) is 0 Å². The number of likely N-dealkylation sites (tertiary alicyclic amines) is 1. The second-order valence-corrected chi connectivity index (χ2v) is 11.8. The van der Waals surface area contributed by atoms with Crippen molar-refractivity contribution in [1.82, 2.24) is 15.1 Å². The fourth-order valence-corrected chi connectivity index (χ4v) is 7.06. The summed E-state index contributed by atoms with van der Waals surface area (Å²) in [6, 6.07) is 17.6. The molecule has 3 amide bonds. The van der Waals surface area contributed by atoms with Gasteiger partial charge in [-0.2, -0.15) is 0 Å². The van der Waals surface area contributed by atoms with E-state index >= 15 is 0 Å². The van der Waals surface area contributed by atoms with E-state index in [9.17, 15) is 24.3 Å². The Morgan fingerprint density at radius 1 is 1.11 bits per heavy atom. The number of β-amino-alcohol motifs (C(OH)–C–C–N with tert-alkyl or cyclic N) is 1. The molecule has 45 heavy (non-hydrogen) atoms. The highest BCUT2D eigenvalue weighted by molar-refractivity contribution is 5.98. The van der Waals surface area contributed by atoms with Crippen LogP contribution >= 0.6 is 0 Å². The van der Waals surface area contributed by atoms with E-state index in [1.54, 1.807) is 17.1 Å². The first kappa shape index (κ1) is 32.1. The smallest absolute Gasteiger partial charge is 0.313 e. The first-order chi connectivity index (χ1) is 21.8. The summed E-state index contributed by atoms with van der Waals surface area (Å²) in [4.78, 5) is 57.7. The molecule has 1 spiro atoms. The number of allylic oxidation sites excluding steroid dienone is 1. The molecule has 2 aromatic carbocycles. The molecule has 3 aliphatic heterocycles. The third-order valence-electron chi connectivity index (χ3n) is 9.01. The summed E-state index contributed by atoms with van der Waals surface area (Å²) in [7, 11) is 0. The Bertz CT molecular complexity index is 1400. The molecule has 3 heterocycles. The van der Waals surface area contributed by atoms with E-state index in [0.29, 0.717) is 31.4 Å². The number of rotatable bonds is 15. The Morgan fingerprint density at radius 3 is 2.49 bits per heavy atom. The van der Waals surface area contributed by atoms with E-state index in [1.807, 2.05) is 60.7 Å². The van der Waals surface area contributed by atoms with Crippen molar-refractivity contribution < 1.29 is 33.8 Å². The first-order valence-electron chi connectivity index (χ1n) is 15.5. The summed E-state index contributed by atoms with van der Waals surface area (Å²) in [6.07, 6.45) is 3.59. The van der Waals surface area contributed by atoms with E-state index in [2.05, 4.69) is 18.5 Å². The van der Waals surface area contributed by atoms with Crippen molar-refractivity contribution in [3.05, 3.63) is 97.1 Å². The van der Waals surface area contributed by atoms with E-state index in [0.717, 1.165) is 5.56 Å². The SMILES string of the molecule is C=CCCC(=O)NC[C@H](OC(=O)[C@@H]1[C@@H]2CC[C@]3(O2)[C@H](C(=O)N(CC=C)Cc2ccccc2)N(CCO)C(=O)[C@@H]13)c1ccccc1. The maximum absolute atomic E-state index is 14.3. The Balaban J connectivity index is 1.41. The third kappa shape index (κ3) is 6.43. The lowest BCUT2D eigenvalue weighted by Gasteiger charge is -2.36. The summed E-state index contributed by atoms with van der Waals surface area (Å²) in [5, 5.41) is 12.8. The van der Waals surface area contributed by atoms with E-state index in [-0.39, 0.29) is 44.5 Å². The largest absolute Gasteiger partial charge is 0.455 e. The minimum Gasteiger partial charge on any atom is -0.455 e. The van der Waals surface area contributed by atoms with Gasteiger partial charge in [0.15, 0.2) is 0 Å². The van der Waals surface area contributed by atoms with Crippen LogP contribution in [0.15, 0.2) is 86.0 Å². The number of ether oxygens (including phenoxy) is 2. The molecular formula is C35H41N3O7. The predicted octanol–water partition coefficient (Wildman–Crippen LogP) is 2.94. The highest BCUT2D eigenvalue weighted by atomic mass is 16.6. The van der Waals surface area contributed by atoms with Gasteiger partial charge < -0.3 is 29.7 Å². The van der Waals surface area contributed by atoms with Crippen molar-refractivity contribution in [3.8, 4) is 0 Å². The lowest BCUT2D eigenvalue weighted by Crippen LogP contribution is -2.56. The van der Waals surface area contributed by atoms with Gasteiger partial charge in [-0.1, -0.05) is 72.8 Å². The van der Waals surface area contributed by atoms with Gasteiger partial charge in [0.05, 0.1) is 31.1 Å². The number of benzene rings is 2. The van der Waals surface area contributed by atoms with Crippen LogP contribution in [-0.2, 0) is 35.2 Å². The summed E-state index contributed by atoms with van der Waals surface area (Å²) in [6.45, 7) is 7.66. The molecule has 2 N–H and O–H groups in total. The van der Waals surface area contributed by atoms with Gasteiger partial charge in [-0.15, -0.1) is 13.2 Å². The molecular weight excluding hydrogens is 574 g/mol. The van der Waals surface area contributed by atoms with Crippen molar-refractivity contribution in [2.45, 2.75) is 56.1 Å². The van der Waals surface area contributed by atoms with Crippen LogP contribution in [0.4, 0.5) is 0 Å². The molecule has 3 fully saturated rings. The molecule has 0 radical (unpaired) electrons. The van der Waals surface area contributed by atoms with Crippen molar-refractivity contribution in [2.75, 3.05) is 26.2 Å². The van der Waals surface area contributed by atoms with Gasteiger partial charge in [-0.05, 0) is 30.4 Å². The van der Waals surface area contributed by atoms with Gasteiger partial charge in [0, 0.05) is 26.1 Å². The number of carbonyl (C=O) groups excluding carboxylic acids is 4. The van der Waals surface area contributed by atoms with E-state index in [1.165, 1.54) is 4.90 Å². The van der Waals surface area contributed by atoms with Crippen LogP contribution in [0.25, 0.3) is 0 Å². The zero-order valence-electron chi connectivity index (χ0n) is 25.4. The molecule has 5 rings (SSSR count). The standard InChI is InChI=1S/C35H41N3O7/c1-3-5-16-28(40)36-22-27(25-14-10-7-11-15-25)44-34(43)29-26-17-18-35(45-26)30(29)32(41)38(20-21-39)31(35)33(42)37(19-4-2)23-24-12-8-6-9-13-24/h3-4,6-15,26-27,29-31,39H,1-2,5,16-23H2,(H,36,40)/t26-,27-,29+,30+,31-,35+/m0/s1. The number of nitrogens with zero attached hydrogens (tertiary/aromatic N) is 2. The lowest BCUT2D eigenvalue weighted by molar-refractivity contribution is -0.160. The summed E-state index contributed by atoms with van der Waals surface area (Å²) in [5.74, 6) is -3.40. The van der Waals surface area contributed by atoms with Crippen LogP contribution in [0.1, 0.15) is 42.9 Å². The number of fused-ring (bicyclic) bond motifs is 1. The van der Waals surface area contributed by atoms with Gasteiger partial charge in [0.1, 0.15) is 17.7 Å². The summed E-state index contributed by atoms with van der Waals surface area (Å²) < 4.78 is 12.6. The average Bonchev–Trinajstić information content (AvgIpc) is 3.70. The minimum absolute atomic E-state index is 0.0570. The molecule has 0 aromatic heterocycles. The Hall–Kier alpha value is -4.28. The van der Waals surface area contributed by atoms with Gasteiger partial charge in [-0.25, -0.2) is 0 Å². The summed E-state index contributed by atoms with van der Waals surface area (Å²) in [5.41, 5.74) is 0.387. The molecule has 238 valence electrons. The predicted molar refractivity (Wildman–Crippen MR) is 166 cm³/mol. The topological polar surface area (TPSA) is 125 Å². The molecule has 0 saturated carbocycles. The van der Waals surface area contributed by atoms with Crippen molar-refractivity contribution >= 4 is 23.7 Å². The molecule has 0 aliphatic carbocycles. The first-order valence-corrected chi connectivity index (χ1v) is 15.5. The minimum atomic E-state index is -1.23. The van der Waals surface area contributed by atoms with Crippen LogP contribution in [0, 0.1) is 11.8 Å². The number of aliphatic hydroxyl groups is 1.